The Labute approximate surface area is 115 Å². The van der Waals surface area contributed by atoms with Crippen molar-refractivity contribution in [1.82, 2.24) is 4.90 Å². The van der Waals surface area contributed by atoms with Gasteiger partial charge >= 0.3 is 0 Å². The minimum Gasteiger partial charge on any atom is -0.328 e. The average molecular weight is 264 g/mol. The summed E-state index contributed by atoms with van der Waals surface area (Å²) >= 11 is 0. The number of nitrogens with zero attached hydrogens (tertiary/aromatic N) is 1. The molecule has 1 heterocycles. The van der Waals surface area contributed by atoms with Gasteiger partial charge in [-0.15, -0.1) is 0 Å². The highest BCUT2D eigenvalue weighted by Gasteiger charge is 2.26. The van der Waals surface area contributed by atoms with E-state index >= 15 is 0 Å². The second-order valence-electron chi connectivity index (χ2n) is 5.71. The molecule has 1 saturated heterocycles. The minimum atomic E-state index is -0.158. The van der Waals surface area contributed by atoms with E-state index in [-0.39, 0.29) is 5.82 Å². The van der Waals surface area contributed by atoms with Crippen LogP contribution in [0, 0.1) is 11.7 Å². The molecule has 2 unspecified atom stereocenters. The van der Waals surface area contributed by atoms with Gasteiger partial charge in [0.15, 0.2) is 0 Å². The molecule has 0 saturated carbocycles. The summed E-state index contributed by atoms with van der Waals surface area (Å²) in [7, 11) is 0. The summed E-state index contributed by atoms with van der Waals surface area (Å²) in [5, 5.41) is 0. The maximum atomic E-state index is 13.0. The molecule has 2 rings (SSSR count). The van der Waals surface area contributed by atoms with Crippen LogP contribution in [0.1, 0.15) is 44.7 Å². The predicted molar refractivity (Wildman–Crippen MR) is 77.4 cm³/mol. The molecule has 1 aromatic carbocycles. The van der Waals surface area contributed by atoms with Crippen molar-refractivity contribution in [2.45, 2.75) is 45.2 Å². The molecule has 3 heteroatoms. The lowest BCUT2D eigenvalue weighted by Gasteiger charge is -2.38. The summed E-state index contributed by atoms with van der Waals surface area (Å²) in [6.45, 7) is 6.51. The molecule has 2 atom stereocenters. The van der Waals surface area contributed by atoms with Crippen LogP contribution in [0.3, 0.4) is 0 Å². The molecule has 2 N–H and O–H groups in total. The predicted octanol–water partition coefficient (Wildman–Crippen LogP) is 3.34. The van der Waals surface area contributed by atoms with Gasteiger partial charge in [0, 0.05) is 12.1 Å². The standard InChI is InChI=1S/C16H25FN2/c1-3-16(14-4-6-15(17)7-5-14)19-10-8-13(9-11-19)12(2)18/h4-7,12-13,16H,3,8-11,18H2,1-2H3. The van der Waals surface area contributed by atoms with Gasteiger partial charge in [-0.2, -0.15) is 0 Å². The fourth-order valence-corrected chi connectivity index (χ4v) is 3.15. The van der Waals surface area contributed by atoms with E-state index in [1.54, 1.807) is 12.1 Å². The van der Waals surface area contributed by atoms with Crippen molar-refractivity contribution in [2.75, 3.05) is 13.1 Å². The lowest BCUT2D eigenvalue weighted by molar-refractivity contribution is 0.121. The first kappa shape index (κ1) is 14.5. The largest absolute Gasteiger partial charge is 0.328 e. The van der Waals surface area contributed by atoms with Gasteiger partial charge in [0.1, 0.15) is 5.82 Å². The number of hydrogen-bond donors (Lipinski definition) is 1. The Bertz CT molecular complexity index is 380. The van der Waals surface area contributed by atoms with Crippen molar-refractivity contribution in [3.05, 3.63) is 35.6 Å². The molecule has 0 aliphatic carbocycles. The van der Waals surface area contributed by atoms with E-state index in [0.717, 1.165) is 19.5 Å². The van der Waals surface area contributed by atoms with E-state index in [9.17, 15) is 4.39 Å². The Morgan fingerprint density at radius 3 is 2.32 bits per heavy atom. The van der Waals surface area contributed by atoms with Gasteiger partial charge in [-0.05, 0) is 62.9 Å². The van der Waals surface area contributed by atoms with Crippen molar-refractivity contribution in [1.29, 1.82) is 0 Å². The van der Waals surface area contributed by atoms with Crippen LogP contribution < -0.4 is 5.73 Å². The number of nitrogens with two attached hydrogens (primary N) is 1. The fourth-order valence-electron chi connectivity index (χ4n) is 3.15. The summed E-state index contributed by atoms with van der Waals surface area (Å²) in [5.41, 5.74) is 7.21. The molecule has 1 aliphatic heterocycles. The van der Waals surface area contributed by atoms with Crippen LogP contribution in [0.15, 0.2) is 24.3 Å². The lowest BCUT2D eigenvalue weighted by Crippen LogP contribution is -2.41. The molecule has 0 aromatic heterocycles. The van der Waals surface area contributed by atoms with E-state index in [0.29, 0.717) is 18.0 Å². The summed E-state index contributed by atoms with van der Waals surface area (Å²) in [4.78, 5) is 2.52. The molecule has 106 valence electrons. The maximum absolute atomic E-state index is 13.0. The Morgan fingerprint density at radius 2 is 1.84 bits per heavy atom. The van der Waals surface area contributed by atoms with E-state index in [2.05, 4.69) is 18.7 Å². The van der Waals surface area contributed by atoms with Crippen molar-refractivity contribution >= 4 is 0 Å². The summed E-state index contributed by atoms with van der Waals surface area (Å²) in [6.07, 6.45) is 3.42. The molecule has 1 aromatic rings. The molecule has 0 amide bonds. The minimum absolute atomic E-state index is 0.158. The summed E-state index contributed by atoms with van der Waals surface area (Å²) in [6, 6.07) is 7.67. The molecule has 2 nitrogen and oxygen atoms in total. The highest BCUT2D eigenvalue weighted by Crippen LogP contribution is 2.30. The summed E-state index contributed by atoms with van der Waals surface area (Å²) < 4.78 is 13.0. The molecular weight excluding hydrogens is 239 g/mol. The van der Waals surface area contributed by atoms with Gasteiger partial charge in [-0.25, -0.2) is 4.39 Å². The third kappa shape index (κ3) is 3.54. The molecule has 0 spiro atoms. The smallest absolute Gasteiger partial charge is 0.123 e. The number of likely N-dealkylation sites (tertiary alicyclic amines) is 1. The van der Waals surface area contributed by atoms with Gasteiger partial charge < -0.3 is 5.73 Å². The second-order valence-corrected chi connectivity index (χ2v) is 5.71. The third-order valence-electron chi connectivity index (χ3n) is 4.40. The van der Waals surface area contributed by atoms with Crippen LogP contribution in [0.25, 0.3) is 0 Å². The van der Waals surface area contributed by atoms with E-state index < -0.39 is 0 Å². The Morgan fingerprint density at radius 1 is 1.26 bits per heavy atom. The third-order valence-corrected chi connectivity index (χ3v) is 4.40. The fraction of sp³-hybridized carbons (Fsp3) is 0.625. The highest BCUT2D eigenvalue weighted by molar-refractivity contribution is 5.20. The van der Waals surface area contributed by atoms with Gasteiger partial charge in [-0.1, -0.05) is 19.1 Å². The van der Waals surface area contributed by atoms with E-state index in [1.807, 2.05) is 12.1 Å². The van der Waals surface area contributed by atoms with Crippen LogP contribution in [0.2, 0.25) is 0 Å². The Hall–Kier alpha value is -0.930. The Kier molecular flexibility index (Phi) is 4.94. The first-order chi connectivity index (χ1) is 9.11. The quantitative estimate of drug-likeness (QED) is 0.903. The number of benzene rings is 1. The van der Waals surface area contributed by atoms with Crippen LogP contribution >= 0.6 is 0 Å². The first-order valence-corrected chi connectivity index (χ1v) is 7.37. The van der Waals surface area contributed by atoms with Crippen LogP contribution in [-0.4, -0.2) is 24.0 Å². The summed E-state index contributed by atoms with van der Waals surface area (Å²) in [5.74, 6) is 0.497. The number of piperidine rings is 1. The van der Waals surface area contributed by atoms with Gasteiger partial charge in [0.25, 0.3) is 0 Å². The topological polar surface area (TPSA) is 29.3 Å². The van der Waals surface area contributed by atoms with Gasteiger partial charge in [0.2, 0.25) is 0 Å². The number of halogens is 1. The van der Waals surface area contributed by atoms with Gasteiger partial charge in [-0.3, -0.25) is 4.90 Å². The average Bonchev–Trinajstić information content (AvgIpc) is 2.42. The zero-order valence-corrected chi connectivity index (χ0v) is 12.0. The van der Waals surface area contributed by atoms with Crippen LogP contribution in [0.4, 0.5) is 4.39 Å². The zero-order valence-electron chi connectivity index (χ0n) is 12.0. The number of rotatable bonds is 4. The highest BCUT2D eigenvalue weighted by atomic mass is 19.1. The Balaban J connectivity index is 2.01. The molecular formula is C16H25FN2. The molecule has 19 heavy (non-hydrogen) atoms. The van der Waals surface area contributed by atoms with Crippen molar-refractivity contribution in [3.8, 4) is 0 Å². The van der Waals surface area contributed by atoms with Crippen molar-refractivity contribution in [2.24, 2.45) is 11.7 Å². The SMILES string of the molecule is CCC(c1ccc(F)cc1)N1CCC(C(C)N)CC1. The normalized spacial score (nSPS) is 21.3. The molecule has 0 radical (unpaired) electrons. The van der Waals surface area contributed by atoms with Crippen molar-refractivity contribution in [3.63, 3.8) is 0 Å². The molecule has 1 aliphatic rings. The molecule has 0 bridgehead atoms. The van der Waals surface area contributed by atoms with Crippen molar-refractivity contribution < 1.29 is 4.39 Å². The maximum Gasteiger partial charge on any atom is 0.123 e. The second kappa shape index (κ2) is 6.49. The monoisotopic (exact) mass is 264 g/mol. The zero-order chi connectivity index (χ0) is 13.8. The molecule has 1 fully saturated rings. The van der Waals surface area contributed by atoms with E-state index in [1.165, 1.54) is 18.4 Å². The first-order valence-electron chi connectivity index (χ1n) is 7.37. The van der Waals surface area contributed by atoms with E-state index in [4.69, 9.17) is 5.73 Å². The number of hydrogen-bond acceptors (Lipinski definition) is 2. The van der Waals surface area contributed by atoms with Crippen LogP contribution in [0.5, 0.6) is 0 Å². The van der Waals surface area contributed by atoms with Gasteiger partial charge in [0.05, 0.1) is 0 Å². The van der Waals surface area contributed by atoms with Crippen LogP contribution in [-0.2, 0) is 0 Å². The lowest BCUT2D eigenvalue weighted by atomic mass is 9.89.